The zero-order valence-corrected chi connectivity index (χ0v) is 15.7. The monoisotopic (exact) mass is 369 g/mol. The lowest BCUT2D eigenvalue weighted by Gasteiger charge is -2.37. The van der Waals surface area contributed by atoms with Gasteiger partial charge in [-0.25, -0.2) is 0 Å². The molecule has 4 rings (SSSR count). The predicted molar refractivity (Wildman–Crippen MR) is 102 cm³/mol. The van der Waals surface area contributed by atoms with Crippen LogP contribution in [0, 0.1) is 11.8 Å². The first-order chi connectivity index (χ1) is 13.2. The van der Waals surface area contributed by atoms with E-state index in [9.17, 15) is 14.4 Å². The first-order valence-electron chi connectivity index (χ1n) is 10.0. The Kier molecular flexibility index (Phi) is 5.14. The predicted octanol–water partition coefficient (Wildman–Crippen LogP) is 1.68. The average molecular weight is 369 g/mol. The highest BCUT2D eigenvalue weighted by Crippen LogP contribution is 2.35. The van der Waals surface area contributed by atoms with E-state index in [-0.39, 0.29) is 23.7 Å². The summed E-state index contributed by atoms with van der Waals surface area (Å²) in [4.78, 5) is 42.1. The van der Waals surface area contributed by atoms with Gasteiger partial charge in [0.25, 0.3) is 0 Å². The number of carbonyl (C=O) groups is 3. The van der Waals surface area contributed by atoms with E-state index in [0.717, 1.165) is 50.7 Å². The molecule has 1 saturated carbocycles. The van der Waals surface area contributed by atoms with Gasteiger partial charge in [-0.15, -0.1) is 0 Å². The third-order valence-electron chi connectivity index (χ3n) is 6.35. The van der Waals surface area contributed by atoms with Crippen molar-refractivity contribution in [3.05, 3.63) is 29.8 Å². The molecule has 27 heavy (non-hydrogen) atoms. The van der Waals surface area contributed by atoms with Crippen LogP contribution >= 0.6 is 0 Å². The quantitative estimate of drug-likeness (QED) is 0.762. The molecule has 6 nitrogen and oxygen atoms in total. The van der Waals surface area contributed by atoms with E-state index in [1.165, 1.54) is 5.56 Å². The van der Waals surface area contributed by atoms with Crippen LogP contribution in [-0.4, -0.2) is 60.7 Å². The van der Waals surface area contributed by atoms with Crippen molar-refractivity contribution in [2.24, 2.45) is 11.8 Å². The van der Waals surface area contributed by atoms with Crippen molar-refractivity contribution in [3.8, 4) is 0 Å². The number of fused-ring (bicyclic) bond motifs is 1. The maximum atomic E-state index is 13.0. The Balaban J connectivity index is 1.31. The summed E-state index contributed by atoms with van der Waals surface area (Å²) in [6, 6.07) is 8.15. The van der Waals surface area contributed by atoms with Crippen molar-refractivity contribution in [1.29, 1.82) is 0 Å². The van der Waals surface area contributed by atoms with Gasteiger partial charge < -0.3 is 14.7 Å². The molecule has 0 spiro atoms. The molecule has 144 valence electrons. The van der Waals surface area contributed by atoms with Crippen molar-refractivity contribution < 1.29 is 14.4 Å². The standard InChI is InChI=1S/C21H27N3O3/c25-15-22-11-13-23(14-12-22)20(26)17-5-7-18(8-6-17)21(27)24-10-9-16-3-1-2-4-19(16)24/h1-4,15,17-18H,5-14H2. The number of para-hydroxylation sites is 1. The van der Waals surface area contributed by atoms with Crippen LogP contribution in [0.15, 0.2) is 24.3 Å². The van der Waals surface area contributed by atoms with Gasteiger partial charge in [-0.3, -0.25) is 14.4 Å². The van der Waals surface area contributed by atoms with Gasteiger partial charge >= 0.3 is 0 Å². The van der Waals surface area contributed by atoms with Crippen molar-refractivity contribution in [1.82, 2.24) is 9.80 Å². The summed E-state index contributed by atoms with van der Waals surface area (Å²) in [6.07, 6.45) is 4.96. The molecule has 3 amide bonds. The van der Waals surface area contributed by atoms with Gasteiger partial charge in [0.2, 0.25) is 18.2 Å². The van der Waals surface area contributed by atoms with Gasteiger partial charge in [0, 0.05) is 50.2 Å². The first kappa shape index (κ1) is 18.0. The molecule has 2 fully saturated rings. The lowest BCUT2D eigenvalue weighted by atomic mass is 9.80. The lowest BCUT2D eigenvalue weighted by molar-refractivity contribution is -0.141. The molecule has 0 aromatic heterocycles. The van der Waals surface area contributed by atoms with E-state index in [2.05, 4.69) is 6.07 Å². The summed E-state index contributed by atoms with van der Waals surface area (Å²) in [5.41, 5.74) is 2.32. The lowest BCUT2D eigenvalue weighted by Crippen LogP contribution is -2.50. The molecule has 3 aliphatic rings. The average Bonchev–Trinajstić information content (AvgIpc) is 3.17. The first-order valence-corrected chi connectivity index (χ1v) is 10.0. The van der Waals surface area contributed by atoms with E-state index in [0.29, 0.717) is 26.2 Å². The minimum absolute atomic E-state index is 0.0303. The maximum absolute atomic E-state index is 13.0. The van der Waals surface area contributed by atoms with Crippen LogP contribution in [0.4, 0.5) is 5.69 Å². The van der Waals surface area contributed by atoms with Crippen LogP contribution in [-0.2, 0) is 20.8 Å². The molecule has 0 bridgehead atoms. The smallest absolute Gasteiger partial charge is 0.230 e. The fourth-order valence-electron chi connectivity index (χ4n) is 4.68. The second-order valence-corrected chi connectivity index (χ2v) is 7.88. The normalized spacial score (nSPS) is 25.3. The van der Waals surface area contributed by atoms with Crippen LogP contribution in [0.5, 0.6) is 0 Å². The van der Waals surface area contributed by atoms with E-state index in [1.54, 1.807) is 4.90 Å². The highest BCUT2D eigenvalue weighted by molar-refractivity contribution is 5.97. The molecular weight excluding hydrogens is 342 g/mol. The molecule has 1 saturated heterocycles. The van der Waals surface area contributed by atoms with Gasteiger partial charge in [-0.2, -0.15) is 0 Å². The molecule has 0 unspecified atom stereocenters. The minimum Gasteiger partial charge on any atom is -0.342 e. The van der Waals surface area contributed by atoms with E-state index < -0.39 is 0 Å². The van der Waals surface area contributed by atoms with Gasteiger partial charge in [0.05, 0.1) is 0 Å². The molecule has 2 aliphatic heterocycles. The van der Waals surface area contributed by atoms with Crippen LogP contribution in [0.2, 0.25) is 0 Å². The zero-order valence-electron chi connectivity index (χ0n) is 15.7. The zero-order chi connectivity index (χ0) is 18.8. The number of benzene rings is 1. The highest BCUT2D eigenvalue weighted by Gasteiger charge is 2.36. The largest absolute Gasteiger partial charge is 0.342 e. The highest BCUT2D eigenvalue weighted by atomic mass is 16.2. The van der Waals surface area contributed by atoms with E-state index in [4.69, 9.17) is 0 Å². The molecule has 1 aromatic rings. The Morgan fingerprint density at radius 1 is 0.852 bits per heavy atom. The van der Waals surface area contributed by atoms with Crippen LogP contribution in [0.25, 0.3) is 0 Å². The van der Waals surface area contributed by atoms with Gasteiger partial charge in [-0.05, 0) is 43.7 Å². The van der Waals surface area contributed by atoms with Crippen molar-refractivity contribution in [3.63, 3.8) is 0 Å². The van der Waals surface area contributed by atoms with Gasteiger partial charge in [0.15, 0.2) is 0 Å². The summed E-state index contributed by atoms with van der Waals surface area (Å²) < 4.78 is 0. The Morgan fingerprint density at radius 3 is 2.15 bits per heavy atom. The Bertz CT molecular complexity index is 719. The second-order valence-electron chi connectivity index (χ2n) is 7.88. The molecule has 0 radical (unpaired) electrons. The molecule has 2 heterocycles. The molecule has 0 N–H and O–H groups in total. The molecule has 1 aliphatic carbocycles. The number of carbonyl (C=O) groups excluding carboxylic acids is 3. The van der Waals surface area contributed by atoms with Gasteiger partial charge in [-0.1, -0.05) is 18.2 Å². The van der Waals surface area contributed by atoms with Crippen LogP contribution in [0.1, 0.15) is 31.2 Å². The molecule has 0 atom stereocenters. The summed E-state index contributed by atoms with van der Waals surface area (Å²) >= 11 is 0. The van der Waals surface area contributed by atoms with E-state index >= 15 is 0 Å². The minimum atomic E-state index is 0.0303. The SMILES string of the molecule is O=CN1CCN(C(=O)C2CCC(C(=O)N3CCc4ccccc43)CC2)CC1. The third-order valence-corrected chi connectivity index (χ3v) is 6.35. The molecule has 1 aromatic carbocycles. The summed E-state index contributed by atoms with van der Waals surface area (Å²) in [6.45, 7) is 3.27. The number of amides is 3. The number of piperazine rings is 1. The fraction of sp³-hybridized carbons (Fsp3) is 0.571. The second kappa shape index (κ2) is 7.71. The Hall–Kier alpha value is -2.37. The fourth-order valence-corrected chi connectivity index (χ4v) is 4.68. The number of nitrogens with zero attached hydrogens (tertiary/aromatic N) is 3. The van der Waals surface area contributed by atoms with Crippen molar-refractivity contribution in [2.75, 3.05) is 37.6 Å². The van der Waals surface area contributed by atoms with Gasteiger partial charge in [0.1, 0.15) is 0 Å². The number of rotatable bonds is 3. The molecule has 6 heteroatoms. The van der Waals surface area contributed by atoms with Crippen LogP contribution < -0.4 is 4.90 Å². The third kappa shape index (κ3) is 3.57. The summed E-state index contributed by atoms with van der Waals surface area (Å²) in [7, 11) is 0. The number of hydrogen-bond acceptors (Lipinski definition) is 3. The summed E-state index contributed by atoms with van der Waals surface area (Å²) in [5.74, 6) is 0.498. The molecular formula is C21H27N3O3. The van der Waals surface area contributed by atoms with Crippen molar-refractivity contribution >= 4 is 23.9 Å². The number of hydrogen-bond donors (Lipinski definition) is 0. The Labute approximate surface area is 160 Å². The van der Waals surface area contributed by atoms with E-state index in [1.807, 2.05) is 28.0 Å². The Morgan fingerprint density at radius 2 is 1.48 bits per heavy atom. The maximum Gasteiger partial charge on any atom is 0.230 e. The van der Waals surface area contributed by atoms with Crippen LogP contribution in [0.3, 0.4) is 0 Å². The topological polar surface area (TPSA) is 60.9 Å². The number of anilines is 1. The van der Waals surface area contributed by atoms with Crippen molar-refractivity contribution in [2.45, 2.75) is 32.1 Å². The summed E-state index contributed by atoms with van der Waals surface area (Å²) in [5, 5.41) is 0.